The van der Waals surface area contributed by atoms with Crippen LogP contribution >= 0.6 is 0 Å². The molecule has 0 aliphatic rings. The second-order valence-corrected chi connectivity index (χ2v) is 6.74. The van der Waals surface area contributed by atoms with Gasteiger partial charge in [-0.25, -0.2) is 9.78 Å². The summed E-state index contributed by atoms with van der Waals surface area (Å²) < 4.78 is 4.75. The highest BCUT2D eigenvalue weighted by atomic mass is 16.5. The summed E-state index contributed by atoms with van der Waals surface area (Å²) in [5, 5.41) is 2.85. The molecule has 0 saturated carbocycles. The zero-order chi connectivity index (χ0) is 20.1. The van der Waals surface area contributed by atoms with E-state index in [1.54, 1.807) is 31.2 Å². The van der Waals surface area contributed by atoms with Gasteiger partial charge in [0.1, 0.15) is 11.5 Å². The van der Waals surface area contributed by atoms with E-state index in [4.69, 9.17) is 4.74 Å². The third-order valence-corrected chi connectivity index (χ3v) is 4.34. The molecule has 2 rings (SSSR count). The molecule has 0 aliphatic carbocycles. The molecule has 1 N–H and O–H groups in total. The number of esters is 1. The van der Waals surface area contributed by atoms with E-state index in [-0.39, 0.29) is 11.9 Å². The van der Waals surface area contributed by atoms with E-state index in [1.807, 2.05) is 13.0 Å². The Bertz CT molecular complexity index is 847. The van der Waals surface area contributed by atoms with Crippen LogP contribution in [-0.4, -0.2) is 36.6 Å². The van der Waals surface area contributed by atoms with Crippen molar-refractivity contribution >= 4 is 23.4 Å². The van der Waals surface area contributed by atoms with Crippen molar-refractivity contribution in [1.82, 2.24) is 4.98 Å². The Kier molecular flexibility index (Phi) is 6.55. The SMILES string of the molecule is CCN(c1cc(C)cc(C(=O)Nc2ccc(C(=O)OC)c(C)c2)n1)C(C)C. The van der Waals surface area contributed by atoms with Crippen molar-refractivity contribution in [3.05, 3.63) is 52.7 Å². The lowest BCUT2D eigenvalue weighted by Gasteiger charge is -2.27. The minimum atomic E-state index is -0.399. The highest BCUT2D eigenvalue weighted by Crippen LogP contribution is 2.20. The normalized spacial score (nSPS) is 10.6. The van der Waals surface area contributed by atoms with E-state index in [0.717, 1.165) is 23.5 Å². The number of hydrogen-bond acceptors (Lipinski definition) is 5. The summed E-state index contributed by atoms with van der Waals surface area (Å²) in [6, 6.07) is 9.10. The van der Waals surface area contributed by atoms with Crippen molar-refractivity contribution in [3.63, 3.8) is 0 Å². The standard InChI is InChI=1S/C21H27N3O3/c1-7-24(13(2)3)19-11-14(4)10-18(23-19)20(25)22-16-8-9-17(15(5)12-16)21(26)27-6/h8-13H,7H2,1-6H3,(H,22,25). The Hall–Kier alpha value is -2.89. The Morgan fingerprint density at radius 2 is 1.89 bits per heavy atom. The Morgan fingerprint density at radius 3 is 2.44 bits per heavy atom. The summed E-state index contributed by atoms with van der Waals surface area (Å²) in [4.78, 5) is 31.1. The van der Waals surface area contributed by atoms with Crippen LogP contribution in [0.25, 0.3) is 0 Å². The molecule has 6 nitrogen and oxygen atoms in total. The fraction of sp³-hybridized carbons (Fsp3) is 0.381. The smallest absolute Gasteiger partial charge is 0.338 e. The lowest BCUT2D eigenvalue weighted by atomic mass is 10.1. The number of ether oxygens (including phenoxy) is 1. The van der Waals surface area contributed by atoms with Gasteiger partial charge in [0.15, 0.2) is 0 Å². The first-order chi connectivity index (χ1) is 12.8. The lowest BCUT2D eigenvalue weighted by Crippen LogP contribution is -2.31. The van der Waals surface area contributed by atoms with Crippen molar-refractivity contribution < 1.29 is 14.3 Å². The van der Waals surface area contributed by atoms with Crippen molar-refractivity contribution in [3.8, 4) is 0 Å². The number of methoxy groups -OCH3 is 1. The highest BCUT2D eigenvalue weighted by molar-refractivity contribution is 6.03. The predicted molar refractivity (Wildman–Crippen MR) is 108 cm³/mol. The van der Waals surface area contributed by atoms with E-state index in [1.165, 1.54) is 7.11 Å². The van der Waals surface area contributed by atoms with E-state index < -0.39 is 5.97 Å². The molecule has 1 heterocycles. The van der Waals surface area contributed by atoms with Crippen LogP contribution in [0, 0.1) is 13.8 Å². The van der Waals surface area contributed by atoms with Crippen LogP contribution in [0.1, 0.15) is 52.7 Å². The van der Waals surface area contributed by atoms with Crippen molar-refractivity contribution in [2.75, 3.05) is 23.9 Å². The fourth-order valence-electron chi connectivity index (χ4n) is 2.98. The molecule has 0 unspecified atom stereocenters. The molecule has 6 heteroatoms. The first-order valence-corrected chi connectivity index (χ1v) is 9.02. The van der Waals surface area contributed by atoms with Gasteiger partial charge in [0.25, 0.3) is 5.91 Å². The quantitative estimate of drug-likeness (QED) is 0.780. The maximum atomic E-state index is 12.7. The van der Waals surface area contributed by atoms with Gasteiger partial charge >= 0.3 is 5.97 Å². The minimum Gasteiger partial charge on any atom is -0.465 e. The number of carbonyl (C=O) groups is 2. The zero-order valence-electron chi connectivity index (χ0n) is 16.8. The number of amides is 1. The van der Waals surface area contributed by atoms with Gasteiger partial charge in [-0.15, -0.1) is 0 Å². The third kappa shape index (κ3) is 4.84. The molecule has 144 valence electrons. The third-order valence-electron chi connectivity index (χ3n) is 4.34. The lowest BCUT2D eigenvalue weighted by molar-refractivity contribution is 0.0600. The van der Waals surface area contributed by atoms with Crippen molar-refractivity contribution in [2.24, 2.45) is 0 Å². The number of nitrogens with one attached hydrogen (secondary N) is 1. The highest BCUT2D eigenvalue weighted by Gasteiger charge is 2.16. The molecule has 1 aromatic heterocycles. The van der Waals surface area contributed by atoms with Gasteiger partial charge in [0, 0.05) is 18.3 Å². The van der Waals surface area contributed by atoms with Crippen LogP contribution in [0.3, 0.4) is 0 Å². The molecule has 0 saturated heterocycles. The molecule has 0 spiro atoms. The van der Waals surface area contributed by atoms with Crippen LogP contribution in [0.15, 0.2) is 30.3 Å². The molecular formula is C21H27N3O3. The molecule has 1 aromatic carbocycles. The van der Waals surface area contributed by atoms with Crippen LogP contribution in [-0.2, 0) is 4.74 Å². The van der Waals surface area contributed by atoms with Crippen LogP contribution in [0.2, 0.25) is 0 Å². The van der Waals surface area contributed by atoms with Gasteiger partial charge in [-0.05, 0) is 76.1 Å². The average Bonchev–Trinajstić information content (AvgIpc) is 2.61. The summed E-state index contributed by atoms with van der Waals surface area (Å²) in [5.74, 6) is 0.101. The molecule has 0 atom stereocenters. The molecule has 1 amide bonds. The summed E-state index contributed by atoms with van der Waals surface area (Å²) in [6.07, 6.45) is 0. The van der Waals surface area contributed by atoms with Crippen LogP contribution in [0.5, 0.6) is 0 Å². The number of nitrogens with zero attached hydrogens (tertiary/aromatic N) is 2. The van der Waals surface area contributed by atoms with Gasteiger partial charge in [-0.1, -0.05) is 0 Å². The molecular weight excluding hydrogens is 342 g/mol. The first-order valence-electron chi connectivity index (χ1n) is 9.02. The van der Waals surface area contributed by atoms with E-state index in [2.05, 4.69) is 36.0 Å². The van der Waals surface area contributed by atoms with Crippen molar-refractivity contribution in [1.29, 1.82) is 0 Å². The second kappa shape index (κ2) is 8.66. The summed E-state index contributed by atoms with van der Waals surface area (Å²) in [6.45, 7) is 10.8. The van der Waals surface area contributed by atoms with E-state index in [0.29, 0.717) is 16.9 Å². The van der Waals surface area contributed by atoms with Crippen molar-refractivity contribution in [2.45, 2.75) is 40.7 Å². The monoisotopic (exact) mass is 369 g/mol. The summed E-state index contributed by atoms with van der Waals surface area (Å²) in [7, 11) is 1.34. The second-order valence-electron chi connectivity index (χ2n) is 6.74. The van der Waals surface area contributed by atoms with Crippen LogP contribution in [0.4, 0.5) is 11.5 Å². The number of hydrogen-bond donors (Lipinski definition) is 1. The number of carbonyl (C=O) groups excluding carboxylic acids is 2. The first kappa shape index (κ1) is 20.4. The van der Waals surface area contributed by atoms with Crippen LogP contribution < -0.4 is 10.2 Å². The Morgan fingerprint density at radius 1 is 1.19 bits per heavy atom. The van der Waals surface area contributed by atoms with Gasteiger partial charge in [-0.3, -0.25) is 4.79 Å². The number of rotatable bonds is 6. The zero-order valence-corrected chi connectivity index (χ0v) is 16.8. The maximum Gasteiger partial charge on any atom is 0.338 e. The van der Waals surface area contributed by atoms with Gasteiger partial charge < -0.3 is 15.0 Å². The summed E-state index contributed by atoms with van der Waals surface area (Å²) >= 11 is 0. The molecule has 0 fully saturated rings. The summed E-state index contributed by atoms with van der Waals surface area (Å²) in [5.41, 5.74) is 3.14. The molecule has 0 bridgehead atoms. The Balaban J connectivity index is 2.27. The fourth-order valence-corrected chi connectivity index (χ4v) is 2.98. The topological polar surface area (TPSA) is 71.5 Å². The average molecular weight is 369 g/mol. The molecule has 0 aliphatic heterocycles. The number of aromatic nitrogens is 1. The van der Waals surface area contributed by atoms with Gasteiger partial charge in [0.2, 0.25) is 0 Å². The van der Waals surface area contributed by atoms with E-state index in [9.17, 15) is 9.59 Å². The number of aryl methyl sites for hydroxylation is 2. The number of pyridine rings is 1. The number of benzene rings is 1. The molecule has 27 heavy (non-hydrogen) atoms. The largest absolute Gasteiger partial charge is 0.465 e. The molecule has 0 radical (unpaired) electrons. The predicted octanol–water partition coefficient (Wildman–Crippen LogP) is 3.97. The number of anilines is 2. The van der Waals surface area contributed by atoms with Gasteiger partial charge in [0.05, 0.1) is 12.7 Å². The van der Waals surface area contributed by atoms with Gasteiger partial charge in [-0.2, -0.15) is 0 Å². The molecule has 2 aromatic rings. The van der Waals surface area contributed by atoms with E-state index >= 15 is 0 Å². The minimum absolute atomic E-state index is 0.286. The Labute approximate surface area is 160 Å². The maximum absolute atomic E-state index is 12.7.